The van der Waals surface area contributed by atoms with Crippen LogP contribution in [0.15, 0.2) is 83.7 Å². The predicted molar refractivity (Wildman–Crippen MR) is 395 cm³/mol. The molecule has 34 heteroatoms. The number of hydrogen-bond donors (Lipinski definition) is 12. The molecule has 3 aromatic heterocycles. The Balaban J connectivity index is 0.000000241. The Morgan fingerprint density at radius 3 is 1.18 bits per heavy atom. The molecule has 5 aliphatic rings. The lowest BCUT2D eigenvalue weighted by Gasteiger charge is -2.34. The van der Waals surface area contributed by atoms with Gasteiger partial charge in [-0.3, -0.25) is 62.2 Å². The van der Waals surface area contributed by atoms with E-state index in [0.717, 1.165) is 51.0 Å². The molecule has 558 valence electrons. The normalized spacial score (nSPS) is 27.8. The van der Waals surface area contributed by atoms with E-state index in [1.165, 1.54) is 38.4 Å². The number of rotatable bonds is 23. The lowest BCUT2D eigenvalue weighted by atomic mass is 10.1. The van der Waals surface area contributed by atoms with E-state index in [1.807, 2.05) is 25.2 Å². The zero-order valence-electron chi connectivity index (χ0n) is 58.8. The van der Waals surface area contributed by atoms with Gasteiger partial charge in [0.25, 0.3) is 22.6 Å². The van der Waals surface area contributed by atoms with Crippen LogP contribution in [-0.4, -0.2) is 280 Å². The van der Waals surface area contributed by atoms with Gasteiger partial charge in [0.15, 0.2) is 36.5 Å². The number of aliphatic hydroxyl groups excluding tert-OH is 8. The SMILES string of the molecule is C=C1NC(=O)C(C)=CN1[C@@H]1O[C@H](CCP(=C)(C)C)[C@@H](O)[C@H]1O.C=P(C)(C)CC[C@H]1O[C@@H](n2cc(/C=C/C(C)=O)c(=O)[nH]c2=O)[C@H](O)[C@@H]1O.C=P(C)(C)CC[C@H]1O[C@@H](n2cc(/C=C/CC)c(=O)[nH]c2=O)[C@H](O)[C@@H]1O.C=P(C)(C)CC[C@H]1O[C@@H](n2cc(C(=O)CC(C)=O)c(=O)[nH]c2=O)[C@H](O)[C@@H]1O. The van der Waals surface area contributed by atoms with Crippen LogP contribution in [0.3, 0.4) is 0 Å². The number of allylic oxidation sites excluding steroid dienone is 2. The molecule has 8 rings (SSSR count). The lowest BCUT2D eigenvalue weighted by molar-refractivity contribution is -0.119. The number of ether oxygens (including phenoxy) is 4. The fraction of sp³-hybridized carbons (Fsp3) is 0.576. The fourth-order valence-corrected chi connectivity index (χ4v) is 14.6. The molecule has 16 atom stereocenters. The van der Waals surface area contributed by atoms with Gasteiger partial charge in [0.1, 0.15) is 60.4 Å². The van der Waals surface area contributed by atoms with Crippen LogP contribution in [0.5, 0.6) is 0 Å². The van der Waals surface area contributed by atoms with E-state index in [2.05, 4.69) is 87.1 Å². The second-order valence-corrected chi connectivity index (χ2v) is 45.6. The van der Waals surface area contributed by atoms with E-state index < -0.39 is 177 Å². The van der Waals surface area contributed by atoms with Crippen molar-refractivity contribution in [2.45, 2.75) is 164 Å². The lowest BCUT2D eigenvalue weighted by Crippen LogP contribution is -2.47. The first-order valence-corrected chi connectivity index (χ1v) is 44.5. The van der Waals surface area contributed by atoms with Gasteiger partial charge in [-0.15, -0.1) is 52.7 Å². The number of nitrogens with one attached hydrogen (secondary N) is 4. The van der Waals surface area contributed by atoms with Gasteiger partial charge in [0.2, 0.25) is 0 Å². The van der Waals surface area contributed by atoms with Crippen LogP contribution in [0.1, 0.15) is 106 Å². The smallest absolute Gasteiger partial charge is 0.330 e. The van der Waals surface area contributed by atoms with Crippen LogP contribution in [0.4, 0.5) is 0 Å². The monoisotopic (exact) mass is 1480 g/mol. The van der Waals surface area contributed by atoms with Crippen molar-refractivity contribution in [1.82, 2.24) is 38.9 Å². The van der Waals surface area contributed by atoms with Crippen molar-refractivity contribution >= 4 is 88.2 Å². The standard InChI is InChI=1S/C17H25N2O7P.C17H25N2O6P.C17H27N2O5P.C15H25N2O4P/c1-9(20)7-11(21)10-8-19(17(25)18-15(10)24)16-14(23)13(22)12(26-16)5-6-27(2,3)4;1-10(20)5-6-11-9-19(17(24)18-15(11)23)16-14(22)13(21)12(25-16)7-8-26(2,3)4;1-5-6-7-11-10-19(17(23)18-15(11)22)16-14(21)13(20)12(24-16)8-9-25(2,3)4;1-9-8-17(10(2)16-14(9)20)15-13(19)12(18)11(21-15)6-7-22(3,4)5/h8,12-14,16,22-23H,2,5-7H2,1,3-4H3,(H,18,24,25);5-6,9,12-14,16,21-22H,2,7-8H2,1,3-4H3,(H,18,23,24);6-7,10,12-14,16,20-21H,2,5,8-9H2,1,3-4H3,(H,18,22,23);8,11-13,15,18-19H,2-3,6-7H2,1,4-5H3,(H,16,20)/b;6-5+;7-6+;/t3*12-,13-,14-,16-;11-,12-,13-,15-/m1111/s1. The molecule has 0 unspecified atom stereocenters. The number of aromatic amines is 3. The molecule has 4 saturated heterocycles. The summed E-state index contributed by atoms with van der Waals surface area (Å²) in [5.74, 6) is -1.32. The molecule has 0 saturated carbocycles. The third-order valence-electron chi connectivity index (χ3n) is 16.5. The number of aromatic nitrogens is 6. The number of amides is 1. The molecule has 0 radical (unpaired) electrons. The van der Waals surface area contributed by atoms with E-state index >= 15 is 0 Å². The zero-order valence-corrected chi connectivity index (χ0v) is 62.4. The van der Waals surface area contributed by atoms with Crippen molar-refractivity contribution in [2.24, 2.45) is 0 Å². The van der Waals surface area contributed by atoms with Gasteiger partial charge < -0.3 is 70.0 Å². The maximum atomic E-state index is 12.2. The summed E-state index contributed by atoms with van der Waals surface area (Å²) in [5.41, 5.74) is -3.95. The van der Waals surface area contributed by atoms with E-state index in [9.17, 15) is 88.8 Å². The Bertz CT molecular complexity index is 4140. The molecule has 0 spiro atoms. The first-order valence-electron chi connectivity index (χ1n) is 32.3. The molecule has 4 fully saturated rings. The van der Waals surface area contributed by atoms with Gasteiger partial charge in [-0.25, -0.2) is 14.4 Å². The van der Waals surface area contributed by atoms with E-state index in [0.29, 0.717) is 42.6 Å². The molecule has 0 bridgehead atoms. The first-order chi connectivity index (χ1) is 46.1. The quantitative estimate of drug-likeness (QED) is 0.0263. The summed E-state index contributed by atoms with van der Waals surface area (Å²) in [6.45, 7) is 21.3. The van der Waals surface area contributed by atoms with Gasteiger partial charge in [0, 0.05) is 30.4 Å². The van der Waals surface area contributed by atoms with Crippen molar-refractivity contribution in [2.75, 3.05) is 78.0 Å². The zero-order chi connectivity index (χ0) is 75.6. The Morgan fingerprint density at radius 2 is 0.840 bits per heavy atom. The number of ketones is 3. The number of aliphatic hydroxyl groups is 8. The van der Waals surface area contributed by atoms with Crippen molar-refractivity contribution in [3.05, 3.63) is 134 Å². The van der Waals surface area contributed by atoms with Crippen LogP contribution in [-0.2, 0) is 33.3 Å². The Hall–Kier alpha value is -6.00. The predicted octanol–water partition coefficient (Wildman–Crippen LogP) is 0.292. The highest BCUT2D eigenvalue weighted by Gasteiger charge is 2.48. The summed E-state index contributed by atoms with van der Waals surface area (Å²) < 4.78 is 26.0. The summed E-state index contributed by atoms with van der Waals surface area (Å²) >= 11 is 0. The Morgan fingerprint density at radius 1 is 0.510 bits per heavy atom. The molecular weight excluding hydrogens is 1380 g/mol. The van der Waals surface area contributed by atoms with Crippen LogP contribution in [0, 0.1) is 0 Å². The molecule has 0 aromatic carbocycles. The van der Waals surface area contributed by atoms with Crippen LogP contribution in [0.25, 0.3) is 12.2 Å². The first kappa shape index (κ1) is 84.7. The van der Waals surface area contributed by atoms with Crippen LogP contribution in [0.2, 0.25) is 0 Å². The van der Waals surface area contributed by atoms with Crippen molar-refractivity contribution in [3.63, 3.8) is 0 Å². The van der Waals surface area contributed by atoms with Crippen LogP contribution < -0.4 is 39.1 Å². The highest BCUT2D eigenvalue weighted by Crippen LogP contribution is 2.43. The molecule has 8 heterocycles. The maximum Gasteiger partial charge on any atom is 0.330 e. The highest BCUT2D eigenvalue weighted by atomic mass is 31.2. The molecule has 3 aromatic rings. The number of nitrogens with zero attached hydrogens (tertiary/aromatic N) is 4. The average molecular weight is 1480 g/mol. The van der Waals surface area contributed by atoms with E-state index in [-0.39, 0.29) is 22.8 Å². The Labute approximate surface area is 580 Å². The number of H-pyrrole nitrogens is 3. The van der Waals surface area contributed by atoms with E-state index in [1.54, 1.807) is 30.2 Å². The molecule has 1 amide bonds. The second-order valence-electron chi connectivity index (χ2n) is 28.4. The molecule has 5 aliphatic heterocycles. The number of hydrogen-bond acceptors (Lipinski definition) is 23. The van der Waals surface area contributed by atoms with Gasteiger partial charge in [0.05, 0.1) is 47.5 Å². The third kappa shape index (κ3) is 23.8. The molecule has 30 nitrogen and oxygen atoms in total. The van der Waals surface area contributed by atoms with Crippen molar-refractivity contribution < 1.29 is 79.0 Å². The van der Waals surface area contributed by atoms with Gasteiger partial charge in [-0.05, 0) is 143 Å². The number of carbonyl (C=O) groups is 4. The summed E-state index contributed by atoms with van der Waals surface area (Å²) in [5, 5.41) is 84.8. The minimum Gasteiger partial charge on any atom is -0.388 e. The average Bonchev–Trinajstić information content (AvgIpc) is 1.62. The van der Waals surface area contributed by atoms with Crippen molar-refractivity contribution in [1.29, 1.82) is 0 Å². The summed E-state index contributed by atoms with van der Waals surface area (Å²) in [6, 6.07) is 0. The van der Waals surface area contributed by atoms with Crippen molar-refractivity contribution in [3.8, 4) is 0 Å². The summed E-state index contributed by atoms with van der Waals surface area (Å²) in [7, 11) is 0. The van der Waals surface area contributed by atoms with E-state index in [4.69, 9.17) is 18.9 Å². The van der Waals surface area contributed by atoms with Crippen LogP contribution >= 0.6 is 27.5 Å². The summed E-state index contributed by atoms with van der Waals surface area (Å²) in [6.07, 6.45) is 17.0. The van der Waals surface area contributed by atoms with Gasteiger partial charge in [-0.2, -0.15) is 0 Å². The molecular formula is C66H102N8O22P4. The molecule has 12 N–H and O–H groups in total. The maximum absolute atomic E-state index is 12.2. The molecule has 100 heavy (non-hydrogen) atoms. The highest BCUT2D eigenvalue weighted by molar-refractivity contribution is 7.73. The number of carbonyl (C=O) groups excluding carboxylic acids is 4. The topological polar surface area (TPSA) is 447 Å². The minimum absolute atomic E-state index is 0.0679. The summed E-state index contributed by atoms with van der Waals surface area (Å²) in [4.78, 5) is 126. The third-order valence-corrected chi connectivity index (χ3v) is 22.4. The Kier molecular flexibility index (Phi) is 30.0. The molecule has 0 aliphatic carbocycles. The second kappa shape index (κ2) is 35.5. The largest absolute Gasteiger partial charge is 0.388 e. The van der Waals surface area contributed by atoms with Gasteiger partial charge in [-0.1, -0.05) is 25.7 Å². The minimum atomic E-state index is -1.42. The fourth-order valence-electron chi connectivity index (χ4n) is 10.8. The number of Topliss-reactive ketones (excluding diaryl/α,β-unsaturated/α-hetero) is 2. The van der Waals surface area contributed by atoms with Gasteiger partial charge >= 0.3 is 17.1 Å².